The fourth-order valence-electron chi connectivity index (χ4n) is 4.25. The van der Waals surface area contributed by atoms with Crippen molar-refractivity contribution >= 4 is 39.1 Å². The number of rotatable bonds is 10. The molecule has 4 rings (SSSR count). The first-order chi connectivity index (χ1) is 20.4. The number of halogens is 3. The molecule has 44 heavy (non-hydrogen) atoms. The van der Waals surface area contributed by atoms with E-state index < -0.39 is 43.7 Å². The fraction of sp³-hybridized carbons (Fsp3) is 0.138. The van der Waals surface area contributed by atoms with Crippen LogP contribution in [0.5, 0.6) is 0 Å². The van der Waals surface area contributed by atoms with Crippen LogP contribution in [0, 0.1) is 11.3 Å². The van der Waals surface area contributed by atoms with E-state index in [0.717, 1.165) is 28.8 Å². The van der Waals surface area contributed by atoms with Crippen LogP contribution >= 0.6 is 19.2 Å². The number of hydrogen-bond donors (Lipinski definition) is 2. The Morgan fingerprint density at radius 3 is 1.98 bits per heavy atom. The van der Waals surface area contributed by atoms with Gasteiger partial charge >= 0.3 is 13.3 Å². The van der Waals surface area contributed by atoms with E-state index >= 15 is 0 Å². The van der Waals surface area contributed by atoms with E-state index in [1.807, 2.05) is 6.07 Å². The van der Waals surface area contributed by atoms with Crippen LogP contribution in [0.4, 0.5) is 8.78 Å². The van der Waals surface area contributed by atoms with Crippen molar-refractivity contribution in [2.45, 2.75) is 28.5 Å². The predicted molar refractivity (Wildman–Crippen MR) is 160 cm³/mol. The standard InChI is InChI=1S/C29H24ClF2N2O7PS2/c1-43(38,39)26-4-2-3-24(16-26)23-10-12-25(13-11-23)44(40,41)34(18-21-7-5-20(17-33)6-8-21)19-22-9-14-27(28(30)15-22)29(31,32)42(35,36)37/h2-16H,18-19H2,1H3,(H2,35,36,37). The average molecular weight is 681 g/mol. The third kappa shape index (κ3) is 7.25. The molecule has 0 fully saturated rings. The van der Waals surface area contributed by atoms with E-state index in [4.69, 9.17) is 26.6 Å². The molecule has 0 atom stereocenters. The monoisotopic (exact) mass is 680 g/mol. The molecule has 0 unspecified atom stereocenters. The molecule has 0 saturated carbocycles. The Morgan fingerprint density at radius 1 is 0.841 bits per heavy atom. The lowest BCUT2D eigenvalue weighted by Crippen LogP contribution is -2.30. The molecule has 0 saturated heterocycles. The topological polar surface area (TPSA) is 153 Å². The lowest BCUT2D eigenvalue weighted by atomic mass is 10.1. The molecule has 15 heteroatoms. The van der Waals surface area contributed by atoms with Crippen molar-refractivity contribution in [2.75, 3.05) is 6.26 Å². The highest BCUT2D eigenvalue weighted by atomic mass is 35.5. The first-order valence-corrected chi connectivity index (χ1v) is 17.9. The van der Waals surface area contributed by atoms with Gasteiger partial charge in [-0.25, -0.2) is 16.8 Å². The zero-order valence-electron chi connectivity index (χ0n) is 22.8. The second-order valence-electron chi connectivity index (χ2n) is 9.81. The van der Waals surface area contributed by atoms with Crippen molar-refractivity contribution < 1.29 is 40.0 Å². The summed E-state index contributed by atoms with van der Waals surface area (Å²) < 4.78 is 92.7. The minimum atomic E-state index is -5.89. The number of sulfonamides is 1. The van der Waals surface area contributed by atoms with E-state index in [2.05, 4.69) is 0 Å². The molecular formula is C29H24ClF2N2O7PS2. The summed E-state index contributed by atoms with van der Waals surface area (Å²) >= 11 is 5.98. The first-order valence-electron chi connectivity index (χ1n) is 12.6. The summed E-state index contributed by atoms with van der Waals surface area (Å²) in [5, 5.41) is 8.44. The van der Waals surface area contributed by atoms with E-state index in [9.17, 15) is 30.2 Å². The lowest BCUT2D eigenvalue weighted by Gasteiger charge is -2.24. The summed E-state index contributed by atoms with van der Waals surface area (Å²) in [4.78, 5) is 18.1. The SMILES string of the molecule is CS(=O)(=O)c1cccc(-c2ccc(S(=O)(=O)N(Cc3ccc(C#N)cc3)Cc3ccc(C(F)(F)P(=O)(O)O)c(Cl)c3)cc2)c1. The molecule has 0 aliphatic rings. The van der Waals surface area contributed by atoms with Crippen LogP contribution in [0.1, 0.15) is 22.3 Å². The number of nitriles is 1. The zero-order chi connectivity index (χ0) is 32.5. The number of benzene rings is 4. The van der Waals surface area contributed by atoms with Crippen LogP contribution in [0.15, 0.2) is 101 Å². The molecule has 230 valence electrons. The summed E-state index contributed by atoms with van der Waals surface area (Å²) in [6.07, 6.45) is 1.08. The molecule has 9 nitrogen and oxygen atoms in total. The van der Waals surface area contributed by atoms with Crippen molar-refractivity contribution in [1.82, 2.24) is 4.31 Å². The number of alkyl halides is 2. The largest absolute Gasteiger partial charge is 0.399 e. The normalized spacial score (nSPS) is 12.7. The predicted octanol–water partition coefficient (Wildman–Crippen LogP) is 5.90. The van der Waals surface area contributed by atoms with Gasteiger partial charge in [0.25, 0.3) is 0 Å². The summed E-state index contributed by atoms with van der Waals surface area (Å²) in [7, 11) is -13.6. The van der Waals surface area contributed by atoms with Crippen LogP contribution in [-0.4, -0.2) is 37.2 Å². The van der Waals surface area contributed by atoms with Crippen LogP contribution in [0.3, 0.4) is 0 Å². The molecule has 0 aromatic heterocycles. The van der Waals surface area contributed by atoms with E-state index in [1.54, 1.807) is 24.3 Å². The molecule has 0 heterocycles. The summed E-state index contributed by atoms with van der Waals surface area (Å²) in [6.45, 7) is -0.549. The van der Waals surface area contributed by atoms with Gasteiger partial charge in [-0.3, -0.25) is 4.57 Å². The Balaban J connectivity index is 1.71. The Labute approximate surface area is 258 Å². The van der Waals surface area contributed by atoms with Crippen LogP contribution in [-0.2, 0) is 43.2 Å². The smallest absolute Gasteiger partial charge is 0.320 e. The molecule has 0 aliphatic carbocycles. The van der Waals surface area contributed by atoms with Gasteiger partial charge in [0.1, 0.15) is 0 Å². The second-order valence-corrected chi connectivity index (χ2v) is 15.8. The number of sulfone groups is 1. The highest BCUT2D eigenvalue weighted by molar-refractivity contribution is 7.90. The Hall–Kier alpha value is -3.47. The maximum Gasteiger partial charge on any atom is 0.399 e. The quantitative estimate of drug-likeness (QED) is 0.196. The molecular weight excluding hydrogens is 657 g/mol. The fourth-order valence-corrected chi connectivity index (χ4v) is 7.23. The van der Waals surface area contributed by atoms with Crippen LogP contribution < -0.4 is 0 Å². The number of nitrogens with zero attached hydrogens (tertiary/aromatic N) is 2. The Bertz CT molecular complexity index is 2010. The zero-order valence-corrected chi connectivity index (χ0v) is 26.1. The molecule has 0 bridgehead atoms. The van der Waals surface area contributed by atoms with Crippen molar-refractivity contribution in [3.05, 3.63) is 118 Å². The minimum absolute atomic E-state index is 0.100. The molecule has 0 spiro atoms. The maximum absolute atomic E-state index is 14.3. The highest BCUT2D eigenvalue weighted by Gasteiger charge is 2.51. The first kappa shape index (κ1) is 33.4. The van der Waals surface area contributed by atoms with Crippen LogP contribution in [0.2, 0.25) is 5.02 Å². The third-order valence-electron chi connectivity index (χ3n) is 6.61. The summed E-state index contributed by atoms with van der Waals surface area (Å²) in [5.41, 5.74) is -3.53. The van der Waals surface area contributed by atoms with Crippen molar-refractivity contribution in [2.24, 2.45) is 0 Å². The summed E-state index contributed by atoms with van der Waals surface area (Å²) in [5.74, 6) is 0. The van der Waals surface area contributed by atoms with Gasteiger partial charge in [0, 0.05) is 19.3 Å². The third-order valence-corrected chi connectivity index (χ3v) is 10.8. The number of hydrogen-bond acceptors (Lipinski definition) is 6. The van der Waals surface area contributed by atoms with E-state index in [-0.39, 0.29) is 28.4 Å². The molecule has 0 radical (unpaired) electrons. The lowest BCUT2D eigenvalue weighted by molar-refractivity contribution is 0.0565. The highest BCUT2D eigenvalue weighted by Crippen LogP contribution is 2.60. The summed E-state index contributed by atoms with van der Waals surface area (Å²) in [6, 6.07) is 22.9. The van der Waals surface area contributed by atoms with Gasteiger partial charge in [-0.05, 0) is 64.7 Å². The van der Waals surface area contributed by atoms with Gasteiger partial charge in [0.2, 0.25) is 10.0 Å². The van der Waals surface area contributed by atoms with E-state index in [1.165, 1.54) is 48.5 Å². The van der Waals surface area contributed by atoms with Gasteiger partial charge < -0.3 is 9.79 Å². The van der Waals surface area contributed by atoms with E-state index in [0.29, 0.717) is 22.3 Å². The van der Waals surface area contributed by atoms with Crippen molar-refractivity contribution in [1.29, 1.82) is 5.26 Å². The Morgan fingerprint density at radius 2 is 1.43 bits per heavy atom. The average Bonchev–Trinajstić information content (AvgIpc) is 2.96. The molecule has 0 amide bonds. The second kappa shape index (κ2) is 12.5. The molecule has 4 aromatic carbocycles. The molecule has 0 aliphatic heterocycles. The Kier molecular flexibility index (Phi) is 9.49. The van der Waals surface area contributed by atoms with Crippen LogP contribution in [0.25, 0.3) is 11.1 Å². The van der Waals surface area contributed by atoms with Gasteiger partial charge in [-0.1, -0.05) is 60.1 Å². The minimum Gasteiger partial charge on any atom is -0.320 e. The maximum atomic E-state index is 14.3. The van der Waals surface area contributed by atoms with Gasteiger partial charge in [-0.15, -0.1) is 0 Å². The molecule has 2 N–H and O–H groups in total. The molecule has 4 aromatic rings. The van der Waals surface area contributed by atoms with Gasteiger partial charge in [0.15, 0.2) is 9.84 Å². The van der Waals surface area contributed by atoms with Gasteiger partial charge in [0.05, 0.1) is 32.0 Å². The van der Waals surface area contributed by atoms with Gasteiger partial charge in [-0.2, -0.15) is 18.3 Å². The van der Waals surface area contributed by atoms with Crippen molar-refractivity contribution in [3.63, 3.8) is 0 Å². The van der Waals surface area contributed by atoms with Crippen molar-refractivity contribution in [3.8, 4) is 17.2 Å².